The third kappa shape index (κ3) is 4.14. The highest BCUT2D eigenvalue weighted by molar-refractivity contribution is 6.08. The van der Waals surface area contributed by atoms with Crippen molar-refractivity contribution in [2.24, 2.45) is 0 Å². The molecule has 2 rings (SSSR count). The number of allylic oxidation sites excluding steroid dienone is 1. The van der Waals surface area contributed by atoms with Gasteiger partial charge >= 0.3 is 5.63 Å². The lowest BCUT2D eigenvalue weighted by molar-refractivity contribution is 0.104. The van der Waals surface area contributed by atoms with Crippen molar-refractivity contribution in [2.75, 3.05) is 13.7 Å². The van der Waals surface area contributed by atoms with Gasteiger partial charge in [-0.3, -0.25) is 4.79 Å². The van der Waals surface area contributed by atoms with Gasteiger partial charge in [0.1, 0.15) is 29.4 Å². The first-order valence-corrected chi connectivity index (χ1v) is 7.12. The molecular weight excluding hydrogens is 308 g/mol. The minimum Gasteiger partial charge on any atom is -0.496 e. The quantitative estimate of drug-likeness (QED) is 0.464. The van der Waals surface area contributed by atoms with E-state index in [1.165, 1.54) is 19.3 Å². The summed E-state index contributed by atoms with van der Waals surface area (Å²) in [6, 6.07) is 8.51. The maximum Gasteiger partial charge on any atom is 0.351 e. The van der Waals surface area contributed by atoms with Crippen LogP contribution in [0, 0.1) is 19.3 Å². The Hall–Kier alpha value is -3.26. The van der Waals surface area contributed by atoms with Crippen LogP contribution in [-0.4, -0.2) is 19.5 Å². The second-order valence-corrected chi connectivity index (χ2v) is 4.85. The van der Waals surface area contributed by atoms with E-state index in [9.17, 15) is 9.59 Å². The highest BCUT2D eigenvalue weighted by atomic mass is 16.5. The number of benzene rings is 1. The number of carbonyl (C=O) groups is 1. The van der Waals surface area contributed by atoms with Gasteiger partial charge < -0.3 is 13.9 Å². The third-order valence-electron chi connectivity index (χ3n) is 3.13. The molecule has 0 atom stereocenters. The summed E-state index contributed by atoms with van der Waals surface area (Å²) < 4.78 is 15.3. The fourth-order valence-electron chi connectivity index (χ4n) is 2.02. The van der Waals surface area contributed by atoms with Crippen molar-refractivity contribution in [1.82, 2.24) is 0 Å². The number of hydrogen-bond acceptors (Lipinski definition) is 5. The van der Waals surface area contributed by atoms with Crippen LogP contribution in [0.25, 0.3) is 6.08 Å². The van der Waals surface area contributed by atoms with E-state index in [-0.39, 0.29) is 17.9 Å². The molecule has 1 aromatic carbocycles. The minimum atomic E-state index is -0.723. The Morgan fingerprint density at radius 3 is 2.67 bits per heavy atom. The number of hydrogen-bond donors (Lipinski definition) is 0. The standard InChI is InChI=1S/C19H16O5/c1-4-11-23-15-8-5-14(6-9-15)7-10-16(20)18-17(22-3)12-13(2)24-19(18)21/h1,5-10,12H,11H2,2-3H3. The SMILES string of the molecule is C#CCOc1ccc(C=CC(=O)c2c(OC)cc(C)oc2=O)cc1. The largest absolute Gasteiger partial charge is 0.496 e. The molecule has 0 aliphatic rings. The molecule has 0 spiro atoms. The van der Waals surface area contributed by atoms with E-state index < -0.39 is 11.4 Å². The second kappa shape index (κ2) is 7.84. The zero-order chi connectivity index (χ0) is 17.5. The number of ether oxygens (including phenoxy) is 2. The van der Waals surface area contributed by atoms with Crippen molar-refractivity contribution in [3.05, 3.63) is 63.7 Å². The normalized spacial score (nSPS) is 10.4. The molecule has 0 saturated heterocycles. The van der Waals surface area contributed by atoms with Crippen molar-refractivity contribution in [1.29, 1.82) is 0 Å². The van der Waals surface area contributed by atoms with E-state index in [1.54, 1.807) is 37.3 Å². The summed E-state index contributed by atoms with van der Waals surface area (Å²) in [5.74, 6) is 3.09. The Labute approximate surface area is 139 Å². The van der Waals surface area contributed by atoms with Gasteiger partial charge in [-0.1, -0.05) is 24.1 Å². The van der Waals surface area contributed by atoms with Crippen LogP contribution in [0.5, 0.6) is 11.5 Å². The van der Waals surface area contributed by atoms with Crippen LogP contribution < -0.4 is 15.1 Å². The topological polar surface area (TPSA) is 65.7 Å². The molecule has 0 aliphatic carbocycles. The highest BCUT2D eigenvalue weighted by Crippen LogP contribution is 2.18. The maximum absolute atomic E-state index is 12.3. The predicted molar refractivity (Wildman–Crippen MR) is 90.4 cm³/mol. The molecule has 0 radical (unpaired) electrons. The zero-order valence-corrected chi connectivity index (χ0v) is 13.4. The first-order chi connectivity index (χ1) is 11.5. The fourth-order valence-corrected chi connectivity index (χ4v) is 2.02. The number of rotatable bonds is 6. The number of carbonyl (C=O) groups excluding carboxylic acids is 1. The molecule has 24 heavy (non-hydrogen) atoms. The van der Waals surface area contributed by atoms with Gasteiger partial charge in [0.05, 0.1) is 7.11 Å². The lowest BCUT2D eigenvalue weighted by atomic mass is 10.1. The zero-order valence-electron chi connectivity index (χ0n) is 13.4. The molecule has 0 fully saturated rings. The van der Waals surface area contributed by atoms with Crippen molar-refractivity contribution in [3.8, 4) is 23.8 Å². The molecule has 2 aromatic rings. The van der Waals surface area contributed by atoms with Gasteiger partial charge in [-0.05, 0) is 30.7 Å². The average Bonchev–Trinajstić information content (AvgIpc) is 2.58. The summed E-state index contributed by atoms with van der Waals surface area (Å²) in [4.78, 5) is 24.1. The predicted octanol–water partition coefficient (Wildman–Crippen LogP) is 2.86. The van der Waals surface area contributed by atoms with Crippen LogP contribution in [0.2, 0.25) is 0 Å². The van der Waals surface area contributed by atoms with Crippen LogP contribution in [0.4, 0.5) is 0 Å². The summed E-state index contributed by atoms with van der Waals surface area (Å²) in [7, 11) is 1.39. The Kier molecular flexibility index (Phi) is 5.58. The van der Waals surface area contributed by atoms with Gasteiger partial charge in [0.15, 0.2) is 5.78 Å². The molecule has 1 heterocycles. The van der Waals surface area contributed by atoms with Gasteiger partial charge in [-0.2, -0.15) is 0 Å². The molecule has 0 aliphatic heterocycles. The monoisotopic (exact) mass is 324 g/mol. The highest BCUT2D eigenvalue weighted by Gasteiger charge is 2.17. The lowest BCUT2D eigenvalue weighted by Crippen LogP contribution is -2.14. The van der Waals surface area contributed by atoms with Gasteiger partial charge in [0.2, 0.25) is 0 Å². The Balaban J connectivity index is 2.19. The molecule has 5 nitrogen and oxygen atoms in total. The van der Waals surface area contributed by atoms with Gasteiger partial charge in [-0.25, -0.2) is 4.79 Å². The van der Waals surface area contributed by atoms with Crippen molar-refractivity contribution >= 4 is 11.9 Å². The van der Waals surface area contributed by atoms with E-state index in [4.69, 9.17) is 20.3 Å². The molecule has 0 bridgehead atoms. The van der Waals surface area contributed by atoms with Gasteiger partial charge in [-0.15, -0.1) is 6.42 Å². The summed E-state index contributed by atoms with van der Waals surface area (Å²) in [5, 5.41) is 0. The molecule has 122 valence electrons. The third-order valence-corrected chi connectivity index (χ3v) is 3.13. The van der Waals surface area contributed by atoms with E-state index in [0.29, 0.717) is 11.5 Å². The Morgan fingerprint density at radius 1 is 1.33 bits per heavy atom. The van der Waals surface area contributed by atoms with Crippen molar-refractivity contribution < 1.29 is 18.7 Å². The number of methoxy groups -OCH3 is 1. The summed E-state index contributed by atoms with van der Waals surface area (Å²) in [6.45, 7) is 1.80. The molecule has 1 aromatic heterocycles. The van der Waals surface area contributed by atoms with Crippen LogP contribution in [-0.2, 0) is 0 Å². The molecule has 0 N–H and O–H groups in total. The smallest absolute Gasteiger partial charge is 0.351 e. The Morgan fingerprint density at radius 2 is 2.04 bits per heavy atom. The summed E-state index contributed by atoms with van der Waals surface area (Å²) in [6.07, 6.45) is 8.00. The Bertz CT molecular complexity index is 851. The van der Waals surface area contributed by atoms with Crippen LogP contribution >= 0.6 is 0 Å². The van der Waals surface area contributed by atoms with Crippen LogP contribution in [0.15, 0.2) is 45.6 Å². The van der Waals surface area contributed by atoms with E-state index in [1.807, 2.05) is 0 Å². The van der Waals surface area contributed by atoms with Gasteiger partial charge in [0, 0.05) is 6.07 Å². The first kappa shape index (κ1) is 17.1. The minimum absolute atomic E-state index is 0.131. The van der Waals surface area contributed by atoms with Crippen LogP contribution in [0.1, 0.15) is 21.7 Å². The number of aryl methyl sites for hydroxylation is 1. The fraction of sp³-hybridized carbons (Fsp3) is 0.158. The first-order valence-electron chi connectivity index (χ1n) is 7.12. The second-order valence-electron chi connectivity index (χ2n) is 4.85. The molecular formula is C19H16O5. The number of terminal acetylenes is 1. The summed E-state index contributed by atoms with van der Waals surface area (Å²) in [5.41, 5.74) is -0.0836. The maximum atomic E-state index is 12.3. The average molecular weight is 324 g/mol. The lowest BCUT2D eigenvalue weighted by Gasteiger charge is -2.05. The molecule has 0 unspecified atom stereocenters. The number of ketones is 1. The van der Waals surface area contributed by atoms with E-state index >= 15 is 0 Å². The molecule has 5 heteroatoms. The van der Waals surface area contributed by atoms with E-state index in [2.05, 4.69) is 5.92 Å². The van der Waals surface area contributed by atoms with Crippen molar-refractivity contribution in [2.45, 2.75) is 6.92 Å². The summed E-state index contributed by atoms with van der Waals surface area (Å²) >= 11 is 0. The molecule has 0 amide bonds. The van der Waals surface area contributed by atoms with Crippen molar-refractivity contribution in [3.63, 3.8) is 0 Å². The van der Waals surface area contributed by atoms with Gasteiger partial charge in [0.25, 0.3) is 0 Å². The van der Waals surface area contributed by atoms with Crippen LogP contribution in [0.3, 0.4) is 0 Å². The van der Waals surface area contributed by atoms with E-state index in [0.717, 1.165) is 5.56 Å². The molecule has 0 saturated carbocycles.